The van der Waals surface area contributed by atoms with Crippen LogP contribution in [0.25, 0.3) is 0 Å². The van der Waals surface area contributed by atoms with Crippen molar-refractivity contribution in [3.05, 3.63) is 46.8 Å². The van der Waals surface area contributed by atoms with Gasteiger partial charge in [0, 0.05) is 25.8 Å². The third-order valence-corrected chi connectivity index (χ3v) is 7.77. The number of benzene rings is 1. The van der Waals surface area contributed by atoms with Crippen molar-refractivity contribution in [2.45, 2.75) is 23.8 Å². The van der Waals surface area contributed by atoms with Crippen LogP contribution in [-0.4, -0.2) is 64.0 Å². The molecule has 0 spiro atoms. The van der Waals surface area contributed by atoms with Gasteiger partial charge in [-0.15, -0.1) is 11.3 Å². The first-order chi connectivity index (χ1) is 15.3. The van der Waals surface area contributed by atoms with Gasteiger partial charge in [-0.25, -0.2) is 13.2 Å². The topological polar surface area (TPSA) is 131 Å². The number of hydrogen-bond donors (Lipinski definition) is 2. The Morgan fingerprint density at radius 2 is 1.69 bits per heavy atom. The minimum absolute atomic E-state index is 0.0596. The van der Waals surface area contributed by atoms with E-state index in [1.807, 2.05) is 5.32 Å². The quantitative estimate of drug-likeness (QED) is 0.647. The van der Waals surface area contributed by atoms with Crippen molar-refractivity contribution in [3.63, 3.8) is 0 Å². The van der Waals surface area contributed by atoms with Gasteiger partial charge in [-0.3, -0.25) is 14.9 Å². The molecule has 1 saturated heterocycles. The van der Waals surface area contributed by atoms with Gasteiger partial charge in [-0.1, -0.05) is 0 Å². The number of amides is 3. The van der Waals surface area contributed by atoms with Crippen molar-refractivity contribution in [2.24, 2.45) is 0 Å². The average Bonchev–Trinajstić information content (AvgIpc) is 3.27. The van der Waals surface area contributed by atoms with Gasteiger partial charge in [0.1, 0.15) is 5.00 Å². The summed E-state index contributed by atoms with van der Waals surface area (Å²) in [5.41, 5.74) is 0.321. The zero-order chi connectivity index (χ0) is 23.3. The minimum Gasteiger partial charge on any atom is -0.453 e. The molecule has 2 heterocycles. The highest BCUT2D eigenvalue weighted by molar-refractivity contribution is 7.89. The molecular formula is C20H23N3O7S2. The maximum Gasteiger partial charge on any atom is 0.413 e. The van der Waals surface area contributed by atoms with Crippen molar-refractivity contribution in [1.82, 2.24) is 9.62 Å². The monoisotopic (exact) mass is 481 g/mol. The zero-order valence-corrected chi connectivity index (χ0v) is 19.1. The number of methoxy groups -OCH3 is 2. The molecule has 0 aliphatic carbocycles. The van der Waals surface area contributed by atoms with E-state index in [-0.39, 0.29) is 27.1 Å². The molecule has 32 heavy (non-hydrogen) atoms. The highest BCUT2D eigenvalue weighted by Crippen LogP contribution is 2.25. The number of thiophene rings is 1. The molecule has 0 bridgehead atoms. The summed E-state index contributed by atoms with van der Waals surface area (Å²) in [4.78, 5) is 36.0. The Kier molecular flexibility index (Phi) is 7.61. The Balaban J connectivity index is 1.68. The van der Waals surface area contributed by atoms with Crippen molar-refractivity contribution >= 4 is 44.3 Å². The number of carbonyl (C=O) groups excluding carboxylic acids is 3. The van der Waals surface area contributed by atoms with E-state index in [0.29, 0.717) is 25.9 Å². The fourth-order valence-corrected chi connectivity index (χ4v) is 5.46. The van der Waals surface area contributed by atoms with E-state index in [1.165, 1.54) is 34.6 Å². The second-order valence-corrected chi connectivity index (χ2v) is 9.78. The van der Waals surface area contributed by atoms with Crippen molar-refractivity contribution in [2.75, 3.05) is 32.6 Å². The molecule has 0 atom stereocenters. The predicted octanol–water partition coefficient (Wildman–Crippen LogP) is 2.30. The first kappa shape index (κ1) is 23.9. The van der Waals surface area contributed by atoms with E-state index in [0.717, 1.165) is 18.4 Å². The minimum atomic E-state index is -3.67. The number of sulfonamides is 1. The number of hydrogen-bond acceptors (Lipinski definition) is 8. The molecule has 2 aromatic rings. The molecule has 1 fully saturated rings. The van der Waals surface area contributed by atoms with Crippen LogP contribution in [0.1, 0.15) is 33.6 Å². The Bertz CT molecular complexity index is 1090. The first-order valence-corrected chi connectivity index (χ1v) is 12.0. The standard InChI is InChI=1S/C20H23N3O7S2/c1-29-14-7-10-23(11-8-14)32(27,28)15-5-3-13(4-6-15)17(24)21-19-16(9-12-31-19)18(25)22-20(26)30-2/h3-6,9,12,14H,7-8,10-11H2,1-2H3,(H,21,24)(H,22,25,26). The Morgan fingerprint density at radius 3 is 2.28 bits per heavy atom. The van der Waals surface area contributed by atoms with E-state index >= 15 is 0 Å². The lowest BCUT2D eigenvalue weighted by Gasteiger charge is -2.30. The smallest absolute Gasteiger partial charge is 0.413 e. The molecule has 0 unspecified atom stereocenters. The largest absolute Gasteiger partial charge is 0.453 e. The first-order valence-electron chi connectivity index (χ1n) is 9.67. The maximum atomic E-state index is 12.9. The van der Waals surface area contributed by atoms with E-state index in [4.69, 9.17) is 4.74 Å². The number of nitrogens with zero attached hydrogens (tertiary/aromatic N) is 1. The fourth-order valence-electron chi connectivity index (χ4n) is 3.21. The van der Waals surface area contributed by atoms with Crippen LogP contribution in [0.3, 0.4) is 0 Å². The second kappa shape index (κ2) is 10.2. The molecule has 1 aromatic heterocycles. The molecule has 3 amide bonds. The summed E-state index contributed by atoms with van der Waals surface area (Å²) < 4.78 is 36.8. The van der Waals surface area contributed by atoms with E-state index < -0.39 is 27.9 Å². The van der Waals surface area contributed by atoms with Crippen LogP contribution in [0.15, 0.2) is 40.6 Å². The van der Waals surface area contributed by atoms with E-state index in [1.54, 1.807) is 12.5 Å². The number of imide groups is 1. The second-order valence-electron chi connectivity index (χ2n) is 6.93. The third-order valence-electron chi connectivity index (χ3n) is 5.03. The van der Waals surface area contributed by atoms with Crippen LogP contribution in [0.5, 0.6) is 0 Å². The summed E-state index contributed by atoms with van der Waals surface area (Å²) in [7, 11) is -0.923. The number of nitrogens with one attached hydrogen (secondary N) is 2. The van der Waals surface area contributed by atoms with Crippen LogP contribution < -0.4 is 10.6 Å². The van der Waals surface area contributed by atoms with Crippen LogP contribution in [-0.2, 0) is 19.5 Å². The van der Waals surface area contributed by atoms with Crippen molar-refractivity contribution in [3.8, 4) is 0 Å². The zero-order valence-electron chi connectivity index (χ0n) is 17.5. The molecule has 2 N–H and O–H groups in total. The molecule has 0 saturated carbocycles. The van der Waals surface area contributed by atoms with Gasteiger partial charge in [0.15, 0.2) is 0 Å². The average molecular weight is 482 g/mol. The molecule has 10 nitrogen and oxygen atoms in total. The number of carbonyl (C=O) groups is 3. The molecule has 3 rings (SSSR count). The number of ether oxygens (including phenoxy) is 2. The Hall–Kier alpha value is -2.80. The van der Waals surface area contributed by atoms with E-state index in [9.17, 15) is 22.8 Å². The van der Waals surface area contributed by atoms with E-state index in [2.05, 4.69) is 10.1 Å². The van der Waals surface area contributed by atoms with Gasteiger partial charge in [-0.2, -0.15) is 4.31 Å². The molecular weight excluding hydrogens is 458 g/mol. The summed E-state index contributed by atoms with van der Waals surface area (Å²) in [5, 5.41) is 6.46. The lowest BCUT2D eigenvalue weighted by molar-refractivity contribution is 0.0604. The highest BCUT2D eigenvalue weighted by atomic mass is 32.2. The van der Waals surface area contributed by atoms with Crippen LogP contribution in [0.2, 0.25) is 0 Å². The summed E-state index contributed by atoms with van der Waals surface area (Å²) in [6.45, 7) is 0.746. The summed E-state index contributed by atoms with van der Waals surface area (Å²) in [6, 6.07) is 7.04. The Labute approximate surface area is 189 Å². The molecule has 1 aliphatic rings. The fraction of sp³-hybridized carbons (Fsp3) is 0.350. The van der Waals surface area contributed by atoms with Crippen molar-refractivity contribution < 1.29 is 32.3 Å². The van der Waals surface area contributed by atoms with Crippen LogP contribution >= 0.6 is 11.3 Å². The normalized spacial score (nSPS) is 15.2. The number of anilines is 1. The third kappa shape index (κ3) is 5.33. The molecule has 12 heteroatoms. The van der Waals surface area contributed by atoms with Gasteiger partial charge in [0.05, 0.1) is 23.7 Å². The highest BCUT2D eigenvalue weighted by Gasteiger charge is 2.29. The molecule has 1 aromatic carbocycles. The van der Waals surface area contributed by atoms with Gasteiger partial charge in [0.2, 0.25) is 10.0 Å². The molecule has 172 valence electrons. The molecule has 0 radical (unpaired) electrons. The number of rotatable bonds is 6. The van der Waals surface area contributed by atoms with Crippen molar-refractivity contribution in [1.29, 1.82) is 0 Å². The lowest BCUT2D eigenvalue weighted by atomic mass is 10.1. The lowest BCUT2D eigenvalue weighted by Crippen LogP contribution is -2.40. The van der Waals surface area contributed by atoms with Crippen LogP contribution in [0.4, 0.5) is 9.80 Å². The number of alkyl carbamates (subject to hydrolysis) is 1. The SMILES string of the molecule is COC(=O)NC(=O)c1ccsc1NC(=O)c1ccc(S(=O)(=O)N2CCC(OC)CC2)cc1. The predicted molar refractivity (Wildman–Crippen MR) is 117 cm³/mol. The maximum absolute atomic E-state index is 12.9. The molecule has 1 aliphatic heterocycles. The van der Waals surface area contributed by atoms with Crippen LogP contribution in [0, 0.1) is 0 Å². The van der Waals surface area contributed by atoms with Gasteiger partial charge >= 0.3 is 6.09 Å². The number of piperidine rings is 1. The summed E-state index contributed by atoms with van der Waals surface area (Å²) in [6.07, 6.45) is 0.400. The Morgan fingerprint density at radius 1 is 1.03 bits per heavy atom. The summed E-state index contributed by atoms with van der Waals surface area (Å²) in [5.74, 6) is -1.24. The summed E-state index contributed by atoms with van der Waals surface area (Å²) >= 11 is 1.11. The van der Waals surface area contributed by atoms with Gasteiger partial charge in [-0.05, 0) is 48.6 Å². The van der Waals surface area contributed by atoms with Gasteiger partial charge < -0.3 is 14.8 Å². The van der Waals surface area contributed by atoms with Gasteiger partial charge in [0.25, 0.3) is 11.8 Å².